The Labute approximate surface area is 183 Å². The summed E-state index contributed by atoms with van der Waals surface area (Å²) in [6.45, 7) is 3.72. The van der Waals surface area contributed by atoms with E-state index in [1.165, 1.54) is 20.3 Å². The molecule has 1 aliphatic carbocycles. The van der Waals surface area contributed by atoms with Crippen molar-refractivity contribution in [3.05, 3.63) is 40.4 Å². The van der Waals surface area contributed by atoms with E-state index in [4.69, 9.17) is 0 Å². The minimum atomic E-state index is -4.64. The summed E-state index contributed by atoms with van der Waals surface area (Å²) in [7, 11) is -0.956. The number of aromatic amines is 1. The number of sulfonamides is 1. The SMILES string of the molecule is CCCc1c(-c2c[nH]nc2C(F)(F)F)nc2c(c1C)C1C(S(=O)(=O)N(C)C)=NNC1C=C2. The molecule has 2 unspecified atom stereocenters. The van der Waals surface area contributed by atoms with Crippen LogP contribution in [0.4, 0.5) is 13.2 Å². The van der Waals surface area contributed by atoms with E-state index in [1.807, 2.05) is 6.92 Å². The van der Waals surface area contributed by atoms with Crippen LogP contribution in [0, 0.1) is 6.92 Å². The minimum absolute atomic E-state index is 0.0301. The van der Waals surface area contributed by atoms with Crippen LogP contribution in [0.25, 0.3) is 17.3 Å². The van der Waals surface area contributed by atoms with Crippen LogP contribution in [0.1, 0.15) is 47.3 Å². The molecule has 32 heavy (non-hydrogen) atoms. The minimum Gasteiger partial charge on any atom is -0.301 e. The van der Waals surface area contributed by atoms with Crippen LogP contribution >= 0.6 is 0 Å². The number of nitrogens with one attached hydrogen (secondary N) is 2. The van der Waals surface area contributed by atoms with E-state index >= 15 is 0 Å². The summed E-state index contributed by atoms with van der Waals surface area (Å²) in [5, 5.41) is 9.78. The average Bonchev–Trinajstić information content (AvgIpc) is 3.36. The number of hydrogen-bond donors (Lipinski definition) is 2. The van der Waals surface area contributed by atoms with E-state index in [9.17, 15) is 21.6 Å². The Morgan fingerprint density at radius 2 is 1.97 bits per heavy atom. The lowest BCUT2D eigenvalue weighted by Crippen LogP contribution is -2.37. The van der Waals surface area contributed by atoms with Crippen LogP contribution in [-0.4, -0.2) is 53.1 Å². The third-order valence-electron chi connectivity index (χ3n) is 5.78. The van der Waals surface area contributed by atoms with E-state index in [1.54, 1.807) is 19.1 Å². The van der Waals surface area contributed by atoms with Crippen LogP contribution < -0.4 is 5.43 Å². The van der Waals surface area contributed by atoms with Crippen molar-refractivity contribution in [3.63, 3.8) is 0 Å². The Hall–Kier alpha value is -2.73. The van der Waals surface area contributed by atoms with Gasteiger partial charge in [0.2, 0.25) is 0 Å². The summed E-state index contributed by atoms with van der Waals surface area (Å²) in [6, 6.07) is -0.382. The van der Waals surface area contributed by atoms with Crippen LogP contribution in [0.2, 0.25) is 0 Å². The highest BCUT2D eigenvalue weighted by atomic mass is 32.2. The van der Waals surface area contributed by atoms with Gasteiger partial charge in [-0.3, -0.25) is 5.10 Å². The normalized spacial score (nSPS) is 20.2. The van der Waals surface area contributed by atoms with E-state index in [0.717, 1.165) is 4.31 Å². The van der Waals surface area contributed by atoms with Crippen molar-refractivity contribution in [1.29, 1.82) is 0 Å². The van der Waals surface area contributed by atoms with Gasteiger partial charge in [-0.1, -0.05) is 19.4 Å². The third-order valence-corrected chi connectivity index (χ3v) is 7.62. The smallest absolute Gasteiger partial charge is 0.301 e. The molecule has 12 heteroatoms. The molecule has 8 nitrogen and oxygen atoms in total. The molecule has 2 N–H and O–H groups in total. The lowest BCUT2D eigenvalue weighted by molar-refractivity contribution is -0.140. The Bertz CT molecular complexity index is 1230. The van der Waals surface area contributed by atoms with E-state index < -0.39 is 27.8 Å². The molecule has 4 rings (SSSR count). The number of nitrogens with zero attached hydrogens (tertiary/aromatic N) is 4. The Kier molecular flexibility index (Phi) is 5.40. The highest BCUT2D eigenvalue weighted by Gasteiger charge is 2.45. The summed E-state index contributed by atoms with van der Waals surface area (Å²) < 4.78 is 67.5. The average molecular weight is 469 g/mol. The maximum atomic E-state index is 13.5. The number of halogens is 3. The molecule has 2 aromatic rings. The highest BCUT2D eigenvalue weighted by molar-refractivity contribution is 8.04. The molecule has 0 radical (unpaired) electrons. The van der Waals surface area contributed by atoms with Gasteiger partial charge in [0.1, 0.15) is 0 Å². The zero-order valence-electron chi connectivity index (χ0n) is 17.9. The topological polar surface area (TPSA) is 103 Å². The molecule has 0 spiro atoms. The molecule has 172 valence electrons. The molecule has 2 atom stereocenters. The molecule has 0 amide bonds. The van der Waals surface area contributed by atoms with Gasteiger partial charge >= 0.3 is 6.18 Å². The van der Waals surface area contributed by atoms with E-state index in [0.29, 0.717) is 35.2 Å². The summed E-state index contributed by atoms with van der Waals surface area (Å²) in [6.07, 6.45) is 1.15. The number of alkyl halides is 3. The second-order valence-electron chi connectivity index (χ2n) is 7.99. The molecular formula is C20H23F3N6O2S. The molecule has 0 fully saturated rings. The number of aromatic nitrogens is 3. The number of pyridine rings is 1. The Balaban J connectivity index is 1.95. The van der Waals surface area contributed by atoms with Crippen LogP contribution in [0.3, 0.4) is 0 Å². The van der Waals surface area contributed by atoms with Crippen molar-refractivity contribution in [2.45, 2.75) is 44.8 Å². The quantitative estimate of drug-likeness (QED) is 0.718. The fourth-order valence-electron chi connectivity index (χ4n) is 4.26. The van der Waals surface area contributed by atoms with E-state index in [2.05, 4.69) is 25.7 Å². The van der Waals surface area contributed by atoms with Gasteiger partial charge in [-0.05, 0) is 36.1 Å². The molecule has 2 aromatic heterocycles. The summed E-state index contributed by atoms with van der Waals surface area (Å²) in [5.74, 6) is -0.619. The summed E-state index contributed by atoms with van der Waals surface area (Å²) in [5.41, 5.74) is 4.36. The Morgan fingerprint density at radius 1 is 1.25 bits per heavy atom. The maximum Gasteiger partial charge on any atom is 0.435 e. The first-order valence-electron chi connectivity index (χ1n) is 10.1. The van der Waals surface area contributed by atoms with Crippen molar-refractivity contribution in [2.24, 2.45) is 5.10 Å². The van der Waals surface area contributed by atoms with Crippen LogP contribution in [0.5, 0.6) is 0 Å². The van der Waals surface area contributed by atoms with Gasteiger partial charge < -0.3 is 5.43 Å². The first-order valence-corrected chi connectivity index (χ1v) is 11.5. The number of H-pyrrole nitrogens is 1. The highest BCUT2D eigenvalue weighted by Crippen LogP contribution is 2.43. The lowest BCUT2D eigenvalue weighted by atomic mass is 9.81. The fourth-order valence-corrected chi connectivity index (χ4v) is 5.39. The maximum absolute atomic E-state index is 13.5. The van der Waals surface area contributed by atoms with Crippen molar-refractivity contribution >= 4 is 21.1 Å². The van der Waals surface area contributed by atoms with E-state index in [-0.39, 0.29) is 22.3 Å². The summed E-state index contributed by atoms with van der Waals surface area (Å²) >= 11 is 0. The molecule has 0 aromatic carbocycles. The Morgan fingerprint density at radius 3 is 2.59 bits per heavy atom. The third kappa shape index (κ3) is 3.41. The predicted molar refractivity (Wildman–Crippen MR) is 114 cm³/mol. The van der Waals surface area contributed by atoms with Gasteiger partial charge in [0.25, 0.3) is 10.0 Å². The fraction of sp³-hybridized carbons (Fsp3) is 0.450. The van der Waals surface area contributed by atoms with Crippen LogP contribution in [-0.2, 0) is 22.6 Å². The van der Waals surface area contributed by atoms with Gasteiger partial charge in [-0.25, -0.2) is 17.7 Å². The first kappa shape index (κ1) is 22.5. The second-order valence-corrected chi connectivity index (χ2v) is 10.1. The first-order chi connectivity index (χ1) is 15.0. The van der Waals surface area contributed by atoms with Gasteiger partial charge in [0.05, 0.1) is 28.9 Å². The zero-order chi connectivity index (χ0) is 23.4. The summed E-state index contributed by atoms with van der Waals surface area (Å²) in [4.78, 5) is 4.59. The molecule has 1 aliphatic heterocycles. The van der Waals surface area contributed by atoms with Crippen molar-refractivity contribution in [1.82, 2.24) is 24.9 Å². The second kappa shape index (κ2) is 7.69. The standard InChI is InChI=1S/C20H23F3N6O2S/c1-5-6-11-10(2)15-13(25-17(11)12-9-24-27-18(12)20(21,22)23)7-8-14-16(15)19(28-26-14)32(30,31)29(3)4/h7-9,14,16,26H,5-6H2,1-4H3,(H,24,27). The number of hydrogen-bond acceptors (Lipinski definition) is 6. The monoisotopic (exact) mass is 468 g/mol. The molecule has 0 saturated carbocycles. The molecule has 3 heterocycles. The molecular weight excluding hydrogens is 445 g/mol. The largest absolute Gasteiger partial charge is 0.435 e. The van der Waals surface area contributed by atoms with Gasteiger partial charge in [0.15, 0.2) is 10.7 Å². The van der Waals surface area contributed by atoms with Crippen molar-refractivity contribution in [2.75, 3.05) is 14.1 Å². The number of hydrazone groups is 1. The lowest BCUT2D eigenvalue weighted by Gasteiger charge is -2.28. The molecule has 2 aliphatic rings. The van der Waals surface area contributed by atoms with Crippen molar-refractivity contribution in [3.8, 4) is 11.3 Å². The predicted octanol–water partition coefficient (Wildman–Crippen LogP) is 3.04. The van der Waals surface area contributed by atoms with Crippen LogP contribution in [0.15, 0.2) is 17.4 Å². The zero-order valence-corrected chi connectivity index (χ0v) is 18.8. The molecule has 0 saturated heterocycles. The number of fused-ring (bicyclic) bond motifs is 3. The molecule has 0 bridgehead atoms. The van der Waals surface area contributed by atoms with Crippen molar-refractivity contribution < 1.29 is 21.6 Å². The number of rotatable bonds is 4. The van der Waals surface area contributed by atoms with Gasteiger partial charge in [-0.2, -0.15) is 23.4 Å². The van der Waals surface area contributed by atoms with Gasteiger partial charge in [0, 0.05) is 20.3 Å². The van der Waals surface area contributed by atoms with Gasteiger partial charge in [-0.15, -0.1) is 0 Å².